The molecule has 2 atom stereocenters. The fourth-order valence-corrected chi connectivity index (χ4v) is 5.03. The molecule has 2 unspecified atom stereocenters. The maximum absolute atomic E-state index is 13.8. The summed E-state index contributed by atoms with van der Waals surface area (Å²) < 4.78 is 13.8. The second kappa shape index (κ2) is 10.2. The topological polar surface area (TPSA) is 64.7 Å². The van der Waals surface area contributed by atoms with Crippen LogP contribution in [0.2, 0.25) is 0 Å². The third kappa shape index (κ3) is 5.77. The molecular formula is C23H27FN4O2S. The molecule has 2 aliphatic heterocycles. The molecule has 4 rings (SSSR count). The molecule has 2 N–H and O–H groups in total. The number of nitrogens with one attached hydrogen (secondary N) is 2. The summed E-state index contributed by atoms with van der Waals surface area (Å²) in [5.41, 5.74) is 1.43. The van der Waals surface area contributed by atoms with Gasteiger partial charge in [-0.05, 0) is 23.8 Å². The molecule has 2 aromatic carbocycles. The number of hydrogen-bond donors (Lipinski definition) is 2. The fraction of sp³-hybridized carbons (Fsp3) is 0.391. The molecule has 2 fully saturated rings. The van der Waals surface area contributed by atoms with Gasteiger partial charge >= 0.3 is 0 Å². The first kappa shape index (κ1) is 21.6. The van der Waals surface area contributed by atoms with Crippen LogP contribution in [0.3, 0.4) is 0 Å². The van der Waals surface area contributed by atoms with Crippen molar-refractivity contribution in [2.45, 2.75) is 30.1 Å². The molecule has 0 radical (unpaired) electrons. The monoisotopic (exact) mass is 442 g/mol. The second-order valence-electron chi connectivity index (χ2n) is 7.83. The van der Waals surface area contributed by atoms with Crippen molar-refractivity contribution in [2.24, 2.45) is 0 Å². The number of nitrogens with zero attached hydrogens (tertiary/aromatic N) is 2. The highest BCUT2D eigenvalue weighted by Gasteiger charge is 2.30. The van der Waals surface area contributed by atoms with E-state index < -0.39 is 0 Å². The number of carbonyl (C=O) groups excluding carboxylic acids is 2. The molecule has 2 saturated heterocycles. The minimum Gasteiger partial charge on any atom is -0.368 e. The first-order valence-electron chi connectivity index (χ1n) is 10.6. The van der Waals surface area contributed by atoms with Crippen LogP contribution in [0.1, 0.15) is 18.4 Å². The van der Waals surface area contributed by atoms with Crippen LogP contribution in [-0.4, -0.2) is 54.4 Å². The van der Waals surface area contributed by atoms with Crippen molar-refractivity contribution in [2.75, 3.05) is 31.1 Å². The minimum absolute atomic E-state index is 0.0674. The van der Waals surface area contributed by atoms with Crippen LogP contribution in [-0.2, 0) is 15.3 Å². The number of rotatable bonds is 6. The smallest absolute Gasteiger partial charge is 0.224 e. The minimum atomic E-state index is -0.339. The zero-order valence-corrected chi connectivity index (χ0v) is 18.1. The molecule has 6 nitrogen and oxygen atoms in total. The number of hydrogen-bond acceptors (Lipinski definition) is 5. The molecule has 2 aliphatic rings. The van der Waals surface area contributed by atoms with E-state index in [1.54, 1.807) is 18.2 Å². The van der Waals surface area contributed by atoms with Crippen molar-refractivity contribution in [1.29, 1.82) is 0 Å². The molecule has 8 heteroatoms. The third-order valence-corrected chi connectivity index (χ3v) is 6.71. The Hall–Kier alpha value is -2.58. The van der Waals surface area contributed by atoms with Gasteiger partial charge in [0.1, 0.15) is 11.3 Å². The van der Waals surface area contributed by atoms with Crippen molar-refractivity contribution in [1.82, 2.24) is 15.5 Å². The van der Waals surface area contributed by atoms with Crippen LogP contribution in [0.4, 0.5) is 10.1 Å². The standard InChI is InChI=1S/C23H27FN4O2S/c24-20-9-5-4-6-17(20)16-31-23-25-18(14-21(29)26-23)15-22(30)28-12-10-27(11-13-28)19-7-2-1-3-8-19/h1-9,18,23,25H,10-16H2,(H,26,29). The van der Waals surface area contributed by atoms with Gasteiger partial charge in [0.15, 0.2) is 0 Å². The van der Waals surface area contributed by atoms with Crippen molar-refractivity contribution in [3.05, 3.63) is 66.0 Å². The molecule has 0 spiro atoms. The molecule has 0 bridgehead atoms. The first-order chi connectivity index (χ1) is 15.1. The van der Waals surface area contributed by atoms with Crippen molar-refractivity contribution < 1.29 is 14.0 Å². The Balaban J connectivity index is 1.26. The molecule has 2 heterocycles. The van der Waals surface area contributed by atoms with Gasteiger partial charge in [-0.2, -0.15) is 0 Å². The third-order valence-electron chi connectivity index (χ3n) is 5.65. The Morgan fingerprint density at radius 1 is 1.03 bits per heavy atom. The van der Waals surface area contributed by atoms with Crippen molar-refractivity contribution in [3.8, 4) is 0 Å². The zero-order valence-electron chi connectivity index (χ0n) is 17.3. The number of carbonyl (C=O) groups is 2. The maximum atomic E-state index is 13.8. The molecule has 2 aromatic rings. The van der Waals surface area contributed by atoms with E-state index in [0.29, 0.717) is 24.4 Å². The number of halogens is 1. The van der Waals surface area contributed by atoms with Gasteiger partial charge in [0.05, 0.1) is 0 Å². The van der Waals surface area contributed by atoms with Gasteiger partial charge in [0.2, 0.25) is 11.8 Å². The molecule has 0 saturated carbocycles. The first-order valence-corrected chi connectivity index (χ1v) is 11.6. The lowest BCUT2D eigenvalue weighted by Crippen LogP contribution is -2.56. The number of para-hydroxylation sites is 1. The second-order valence-corrected chi connectivity index (χ2v) is 8.92. The van der Waals surface area contributed by atoms with Crippen LogP contribution in [0, 0.1) is 5.82 Å². The number of piperazine rings is 1. The SMILES string of the molecule is O=C1CC(CC(=O)N2CCN(c3ccccc3)CC2)NC(SCc2ccccc2F)N1. The van der Waals surface area contributed by atoms with Gasteiger partial charge < -0.3 is 15.1 Å². The van der Waals surface area contributed by atoms with Gasteiger partial charge in [0.25, 0.3) is 0 Å². The molecule has 2 amide bonds. The van der Waals surface area contributed by atoms with Crippen molar-refractivity contribution >= 4 is 29.3 Å². The predicted octanol–water partition coefficient (Wildman–Crippen LogP) is 2.56. The van der Waals surface area contributed by atoms with E-state index >= 15 is 0 Å². The summed E-state index contributed by atoms with van der Waals surface area (Å²) in [6.07, 6.45) is 0.558. The summed E-state index contributed by atoms with van der Waals surface area (Å²) in [5.74, 6) is 0.167. The van der Waals surface area contributed by atoms with Gasteiger partial charge in [-0.15, -0.1) is 11.8 Å². The quantitative estimate of drug-likeness (QED) is 0.720. The normalized spacial score (nSPS) is 21.6. The molecular weight excluding hydrogens is 415 g/mol. The Labute approximate surface area is 186 Å². The lowest BCUT2D eigenvalue weighted by atomic mass is 10.1. The number of amides is 2. The van der Waals surface area contributed by atoms with Crippen molar-refractivity contribution in [3.63, 3.8) is 0 Å². The van der Waals surface area contributed by atoms with E-state index in [1.807, 2.05) is 23.1 Å². The van der Waals surface area contributed by atoms with E-state index in [1.165, 1.54) is 23.5 Å². The van der Waals surface area contributed by atoms with Gasteiger partial charge in [-0.25, -0.2) is 4.39 Å². The predicted molar refractivity (Wildman–Crippen MR) is 121 cm³/mol. The summed E-state index contributed by atoms with van der Waals surface area (Å²) in [4.78, 5) is 29.1. The van der Waals surface area contributed by atoms with Gasteiger partial charge in [-0.3, -0.25) is 14.9 Å². The van der Waals surface area contributed by atoms with E-state index in [0.717, 1.165) is 13.1 Å². The van der Waals surface area contributed by atoms with E-state index in [2.05, 4.69) is 27.7 Å². The summed E-state index contributed by atoms with van der Waals surface area (Å²) in [6.45, 7) is 2.96. The number of benzene rings is 2. The van der Waals surface area contributed by atoms with Gasteiger partial charge in [-0.1, -0.05) is 36.4 Å². The lowest BCUT2D eigenvalue weighted by molar-refractivity contribution is -0.132. The number of thioether (sulfide) groups is 1. The molecule has 164 valence electrons. The molecule has 31 heavy (non-hydrogen) atoms. The summed E-state index contributed by atoms with van der Waals surface area (Å²) in [7, 11) is 0. The Morgan fingerprint density at radius 2 is 1.74 bits per heavy atom. The number of anilines is 1. The van der Waals surface area contributed by atoms with Crippen LogP contribution in [0.15, 0.2) is 54.6 Å². The summed E-state index contributed by atoms with van der Waals surface area (Å²) in [5, 5.41) is 6.20. The van der Waals surface area contributed by atoms with Crippen LogP contribution in [0.5, 0.6) is 0 Å². The summed E-state index contributed by atoms with van der Waals surface area (Å²) in [6, 6.07) is 16.6. The highest BCUT2D eigenvalue weighted by Crippen LogP contribution is 2.21. The average Bonchev–Trinajstić information content (AvgIpc) is 2.79. The van der Waals surface area contributed by atoms with Crippen LogP contribution in [0.25, 0.3) is 0 Å². The van der Waals surface area contributed by atoms with E-state index in [4.69, 9.17) is 0 Å². The van der Waals surface area contributed by atoms with E-state index in [-0.39, 0.29) is 42.0 Å². The fourth-order valence-electron chi connectivity index (χ4n) is 3.95. The van der Waals surface area contributed by atoms with Crippen LogP contribution >= 0.6 is 11.8 Å². The Morgan fingerprint density at radius 3 is 2.48 bits per heavy atom. The molecule has 0 aromatic heterocycles. The lowest BCUT2D eigenvalue weighted by Gasteiger charge is -2.37. The maximum Gasteiger partial charge on any atom is 0.224 e. The van der Waals surface area contributed by atoms with Crippen LogP contribution < -0.4 is 15.5 Å². The molecule has 0 aliphatic carbocycles. The van der Waals surface area contributed by atoms with E-state index in [9.17, 15) is 14.0 Å². The summed E-state index contributed by atoms with van der Waals surface area (Å²) >= 11 is 1.42. The zero-order chi connectivity index (χ0) is 21.6. The average molecular weight is 443 g/mol. The highest BCUT2D eigenvalue weighted by molar-refractivity contribution is 7.99. The largest absolute Gasteiger partial charge is 0.368 e. The van der Waals surface area contributed by atoms with Gasteiger partial charge in [0, 0.05) is 56.5 Å². The Kier molecular flexibility index (Phi) is 7.09. The highest BCUT2D eigenvalue weighted by atomic mass is 32.2. The Bertz CT molecular complexity index is 905.